The Hall–Kier alpha value is -2.73. The molecule has 1 atom stereocenters. The van der Waals surface area contributed by atoms with E-state index in [1.165, 1.54) is 20.4 Å². The van der Waals surface area contributed by atoms with Crippen molar-refractivity contribution in [2.75, 3.05) is 19.5 Å². The van der Waals surface area contributed by atoms with Gasteiger partial charge in [0, 0.05) is 11.3 Å². The molecule has 0 aromatic heterocycles. The van der Waals surface area contributed by atoms with Gasteiger partial charge in [-0.25, -0.2) is 0 Å². The molecule has 7 heteroatoms. The predicted octanol–water partition coefficient (Wildman–Crippen LogP) is 3.73. The average molecular weight is 363 g/mol. The van der Waals surface area contributed by atoms with E-state index < -0.39 is 6.10 Å². The Balaban J connectivity index is 1.98. The number of nitrogens with zero attached hydrogens (tertiary/aromatic N) is 1. The molecule has 2 aromatic rings. The van der Waals surface area contributed by atoms with Crippen LogP contribution in [-0.4, -0.2) is 32.4 Å². The molecule has 0 aliphatic rings. The zero-order chi connectivity index (χ0) is 18.2. The Labute approximate surface area is 151 Å². The van der Waals surface area contributed by atoms with Gasteiger partial charge in [-0.15, -0.1) is 0 Å². The number of ether oxygens (including phenoxy) is 2. The second kappa shape index (κ2) is 8.94. The van der Waals surface area contributed by atoms with Gasteiger partial charge in [-0.05, 0) is 31.2 Å². The van der Waals surface area contributed by atoms with E-state index in [-0.39, 0.29) is 5.91 Å². The van der Waals surface area contributed by atoms with Crippen molar-refractivity contribution in [3.63, 3.8) is 0 Å². The molecule has 0 aliphatic carbocycles. The highest BCUT2D eigenvalue weighted by molar-refractivity contribution is 6.32. The zero-order valence-electron chi connectivity index (χ0n) is 14.2. The number of rotatable bonds is 7. The van der Waals surface area contributed by atoms with Crippen LogP contribution in [0.25, 0.3) is 0 Å². The van der Waals surface area contributed by atoms with Crippen LogP contribution in [0.15, 0.2) is 47.6 Å². The van der Waals surface area contributed by atoms with Crippen molar-refractivity contribution in [3.05, 3.63) is 53.1 Å². The quantitative estimate of drug-likeness (QED) is 0.601. The lowest BCUT2D eigenvalue weighted by atomic mass is 10.2. The lowest BCUT2D eigenvalue weighted by Gasteiger charge is -2.11. The highest BCUT2D eigenvalue weighted by Gasteiger charge is 2.14. The summed E-state index contributed by atoms with van der Waals surface area (Å²) in [6.45, 7) is 1.61. The number of halogens is 1. The summed E-state index contributed by atoms with van der Waals surface area (Å²) in [5.74, 6) is 0.623. The van der Waals surface area contributed by atoms with Gasteiger partial charge in [0.25, 0.3) is 5.91 Å². The number of anilines is 1. The molecular formula is C18H19ClN2O4. The summed E-state index contributed by atoms with van der Waals surface area (Å²) in [6.07, 6.45) is 0.687. The SMILES string of the molecule is COc1cc(/C=N/OC(C)C(=O)Nc2ccccc2)cc(Cl)c1OC. The van der Waals surface area contributed by atoms with Crippen LogP contribution in [0.4, 0.5) is 5.69 Å². The third-order valence-corrected chi connectivity index (χ3v) is 3.57. The lowest BCUT2D eigenvalue weighted by Crippen LogP contribution is -2.26. The average Bonchev–Trinajstić information content (AvgIpc) is 2.61. The van der Waals surface area contributed by atoms with Crippen molar-refractivity contribution in [2.45, 2.75) is 13.0 Å². The van der Waals surface area contributed by atoms with Gasteiger partial charge in [0.05, 0.1) is 25.5 Å². The number of benzene rings is 2. The smallest absolute Gasteiger partial charge is 0.267 e. The number of amides is 1. The third kappa shape index (κ3) is 5.12. The van der Waals surface area contributed by atoms with Gasteiger partial charge in [0.1, 0.15) is 0 Å². The molecule has 1 N–H and O–H groups in total. The van der Waals surface area contributed by atoms with E-state index in [0.29, 0.717) is 27.8 Å². The van der Waals surface area contributed by atoms with Crippen molar-refractivity contribution < 1.29 is 19.1 Å². The first-order valence-corrected chi connectivity index (χ1v) is 7.89. The molecule has 2 aromatic carbocycles. The minimum atomic E-state index is -0.757. The molecule has 0 spiro atoms. The first-order chi connectivity index (χ1) is 12.0. The first-order valence-electron chi connectivity index (χ1n) is 7.51. The van der Waals surface area contributed by atoms with Crippen LogP contribution >= 0.6 is 11.6 Å². The van der Waals surface area contributed by atoms with Gasteiger partial charge in [0.15, 0.2) is 11.5 Å². The van der Waals surface area contributed by atoms with Crippen molar-refractivity contribution in [1.82, 2.24) is 0 Å². The summed E-state index contributed by atoms with van der Waals surface area (Å²) >= 11 is 6.12. The highest BCUT2D eigenvalue weighted by Crippen LogP contribution is 2.35. The van der Waals surface area contributed by atoms with Crippen molar-refractivity contribution in [2.24, 2.45) is 5.16 Å². The summed E-state index contributed by atoms with van der Waals surface area (Å²) in [7, 11) is 3.02. The fourth-order valence-corrected chi connectivity index (χ4v) is 2.30. The summed E-state index contributed by atoms with van der Waals surface area (Å²) in [5.41, 5.74) is 1.34. The summed E-state index contributed by atoms with van der Waals surface area (Å²) in [6, 6.07) is 12.5. The Morgan fingerprint density at radius 3 is 2.56 bits per heavy atom. The van der Waals surface area contributed by atoms with Crippen LogP contribution in [0, 0.1) is 0 Å². The number of hydrogen-bond acceptors (Lipinski definition) is 5. The number of carbonyl (C=O) groups excluding carboxylic acids is 1. The molecule has 0 heterocycles. The standard InChI is InChI=1S/C18H19ClN2O4/c1-12(18(22)21-14-7-5-4-6-8-14)25-20-11-13-9-15(19)17(24-3)16(10-13)23-2/h4-12H,1-3H3,(H,21,22)/b20-11+. The Morgan fingerprint density at radius 1 is 1.20 bits per heavy atom. The van der Waals surface area contributed by atoms with Crippen LogP contribution in [-0.2, 0) is 9.63 Å². The summed E-state index contributed by atoms with van der Waals surface area (Å²) in [4.78, 5) is 17.2. The molecule has 1 unspecified atom stereocenters. The van der Waals surface area contributed by atoms with E-state index in [4.69, 9.17) is 25.9 Å². The normalized spacial score (nSPS) is 11.8. The van der Waals surface area contributed by atoms with Crippen molar-refractivity contribution >= 4 is 29.4 Å². The second-order valence-electron chi connectivity index (χ2n) is 5.08. The molecule has 0 fully saturated rings. The third-order valence-electron chi connectivity index (χ3n) is 3.29. The summed E-state index contributed by atoms with van der Waals surface area (Å²) < 4.78 is 10.4. The van der Waals surface area contributed by atoms with E-state index >= 15 is 0 Å². The molecule has 0 saturated heterocycles. The van der Waals surface area contributed by atoms with Crippen molar-refractivity contribution in [3.8, 4) is 11.5 Å². The minimum Gasteiger partial charge on any atom is -0.493 e. The van der Waals surface area contributed by atoms with Crippen molar-refractivity contribution in [1.29, 1.82) is 0 Å². The molecule has 132 valence electrons. The van der Waals surface area contributed by atoms with E-state index in [1.54, 1.807) is 31.2 Å². The number of oxime groups is 1. The van der Waals surface area contributed by atoms with E-state index in [2.05, 4.69) is 10.5 Å². The number of nitrogens with one attached hydrogen (secondary N) is 1. The van der Waals surface area contributed by atoms with Crippen LogP contribution in [0.1, 0.15) is 12.5 Å². The van der Waals surface area contributed by atoms with Gasteiger partial charge in [-0.2, -0.15) is 0 Å². The maximum Gasteiger partial charge on any atom is 0.267 e. The largest absolute Gasteiger partial charge is 0.493 e. The fourth-order valence-electron chi connectivity index (χ4n) is 2.01. The Morgan fingerprint density at radius 2 is 1.92 bits per heavy atom. The molecule has 0 saturated carbocycles. The molecular weight excluding hydrogens is 344 g/mol. The topological polar surface area (TPSA) is 69.2 Å². The van der Waals surface area contributed by atoms with E-state index in [1.807, 2.05) is 18.2 Å². The van der Waals surface area contributed by atoms with Gasteiger partial charge in [-0.1, -0.05) is 35.0 Å². The predicted molar refractivity (Wildman–Crippen MR) is 97.8 cm³/mol. The Kier molecular flexibility index (Phi) is 6.65. The summed E-state index contributed by atoms with van der Waals surface area (Å²) in [5, 5.41) is 6.96. The van der Waals surface area contributed by atoms with Crippen LogP contribution < -0.4 is 14.8 Å². The van der Waals surface area contributed by atoms with Gasteiger partial charge < -0.3 is 19.6 Å². The second-order valence-corrected chi connectivity index (χ2v) is 5.48. The molecule has 0 aliphatic heterocycles. The van der Waals surface area contributed by atoms with Gasteiger partial charge >= 0.3 is 0 Å². The number of hydrogen-bond donors (Lipinski definition) is 1. The lowest BCUT2D eigenvalue weighted by molar-refractivity contribution is -0.126. The maximum absolute atomic E-state index is 12.0. The fraction of sp³-hybridized carbons (Fsp3) is 0.222. The van der Waals surface area contributed by atoms with Gasteiger partial charge in [0.2, 0.25) is 6.10 Å². The number of methoxy groups -OCH3 is 2. The molecule has 1 amide bonds. The monoisotopic (exact) mass is 362 g/mol. The molecule has 6 nitrogen and oxygen atoms in total. The minimum absolute atomic E-state index is 0.298. The van der Waals surface area contributed by atoms with E-state index in [0.717, 1.165) is 0 Å². The highest BCUT2D eigenvalue weighted by atomic mass is 35.5. The van der Waals surface area contributed by atoms with E-state index in [9.17, 15) is 4.79 Å². The van der Waals surface area contributed by atoms with Crippen LogP contribution in [0.5, 0.6) is 11.5 Å². The first kappa shape index (κ1) is 18.6. The molecule has 0 radical (unpaired) electrons. The molecule has 25 heavy (non-hydrogen) atoms. The van der Waals surface area contributed by atoms with Gasteiger partial charge in [-0.3, -0.25) is 4.79 Å². The Bertz CT molecular complexity index is 750. The van der Waals surface area contributed by atoms with Crippen LogP contribution in [0.3, 0.4) is 0 Å². The zero-order valence-corrected chi connectivity index (χ0v) is 14.9. The molecule has 2 rings (SSSR count). The number of para-hydroxylation sites is 1. The van der Waals surface area contributed by atoms with Crippen LogP contribution in [0.2, 0.25) is 5.02 Å². The molecule has 0 bridgehead atoms. The maximum atomic E-state index is 12.0. The number of carbonyl (C=O) groups is 1.